The number of rotatable bonds is 13. The van der Waals surface area contributed by atoms with Crippen LogP contribution in [0.5, 0.6) is 17.2 Å². The minimum Gasteiger partial charge on any atom is -0.497 e. The fourth-order valence-corrected chi connectivity index (χ4v) is 4.41. The Morgan fingerprint density at radius 3 is 2.41 bits per heavy atom. The monoisotopic (exact) mass is 531 g/mol. The molecule has 0 aliphatic carbocycles. The van der Waals surface area contributed by atoms with E-state index in [0.29, 0.717) is 25.3 Å². The highest BCUT2D eigenvalue weighted by Crippen LogP contribution is 2.38. The highest BCUT2D eigenvalue weighted by Gasteiger charge is 2.31. The highest BCUT2D eigenvalue weighted by molar-refractivity contribution is 5.81. The second-order valence-electron chi connectivity index (χ2n) is 9.29. The number of aryl methyl sites for hydroxylation is 1. The maximum Gasteiger partial charge on any atom is 0.346 e. The number of nitrogens with zero attached hydrogens (tertiary/aromatic N) is 1. The molecule has 1 atom stereocenters. The van der Waals surface area contributed by atoms with Gasteiger partial charge in [0.05, 0.1) is 25.9 Å². The Morgan fingerprint density at radius 1 is 0.974 bits per heavy atom. The van der Waals surface area contributed by atoms with Crippen LogP contribution in [-0.4, -0.2) is 55.1 Å². The van der Waals surface area contributed by atoms with E-state index in [1.54, 1.807) is 7.11 Å². The average Bonchev–Trinajstić information content (AvgIpc) is 2.94. The third kappa shape index (κ3) is 7.77. The quantitative estimate of drug-likeness (QED) is 0.223. The number of carboxylic acids is 2. The lowest BCUT2D eigenvalue weighted by Gasteiger charge is -2.35. The maximum absolute atomic E-state index is 11.7. The van der Waals surface area contributed by atoms with Gasteiger partial charge in [-0.25, -0.2) is 4.79 Å². The first kappa shape index (κ1) is 27.6. The van der Waals surface area contributed by atoms with Crippen molar-refractivity contribution in [3.05, 3.63) is 83.4 Å². The van der Waals surface area contributed by atoms with Crippen molar-refractivity contribution < 1.29 is 34.0 Å². The van der Waals surface area contributed by atoms with Crippen LogP contribution >= 0.6 is 0 Å². The number of hydrogen-bond acceptors (Lipinski definition) is 6. The lowest BCUT2D eigenvalue weighted by molar-refractivity contribution is -0.145. The molecule has 3 aromatic rings. The third-order valence-electron chi connectivity index (χ3n) is 6.48. The minimum absolute atomic E-state index is 0.0202. The molecular formula is C31H33NO7. The zero-order valence-corrected chi connectivity index (χ0v) is 21.9. The fourth-order valence-electron chi connectivity index (χ4n) is 4.41. The lowest BCUT2D eigenvalue weighted by atomic mass is 10.1. The summed E-state index contributed by atoms with van der Waals surface area (Å²) in [5, 5.41) is 18.6. The SMILES string of the molecule is COc1ccc(CCCOc2ccc(C=Cc3cccc4c3OC(C(=O)O)CN4CCCC(=O)O)cc2)cc1. The molecule has 0 saturated carbocycles. The van der Waals surface area contributed by atoms with E-state index in [1.807, 2.05) is 71.6 Å². The maximum atomic E-state index is 11.7. The molecule has 0 radical (unpaired) electrons. The molecule has 1 aliphatic rings. The van der Waals surface area contributed by atoms with E-state index in [9.17, 15) is 14.7 Å². The van der Waals surface area contributed by atoms with Crippen LogP contribution in [0, 0.1) is 0 Å². The number of hydrogen-bond donors (Lipinski definition) is 2. The summed E-state index contributed by atoms with van der Waals surface area (Å²) in [4.78, 5) is 24.5. The largest absolute Gasteiger partial charge is 0.497 e. The standard InChI is InChI=1S/C31H33NO7/c1-37-25-15-10-22(11-16-25)5-4-20-38-26-17-12-23(13-18-26)9-14-24-6-2-7-27-30(24)39-28(31(35)36)21-32(27)19-3-8-29(33)34/h2,6-7,9-18,28H,3-5,8,19-21H2,1H3,(H,33,34)(H,35,36). The zero-order chi connectivity index (χ0) is 27.6. The Bertz CT molecular complexity index is 1290. The number of para-hydroxylation sites is 1. The summed E-state index contributed by atoms with van der Waals surface area (Å²) in [5.41, 5.74) is 3.71. The number of aliphatic carboxylic acids is 2. The molecule has 3 aromatic carbocycles. The van der Waals surface area contributed by atoms with E-state index >= 15 is 0 Å². The van der Waals surface area contributed by atoms with E-state index in [4.69, 9.17) is 19.3 Å². The molecule has 204 valence electrons. The van der Waals surface area contributed by atoms with Gasteiger partial charge in [-0.1, -0.05) is 48.6 Å². The number of anilines is 1. The van der Waals surface area contributed by atoms with E-state index in [2.05, 4.69) is 12.1 Å². The molecule has 0 bridgehead atoms. The summed E-state index contributed by atoms with van der Waals surface area (Å²) in [7, 11) is 1.66. The van der Waals surface area contributed by atoms with Crippen LogP contribution in [0.3, 0.4) is 0 Å². The van der Waals surface area contributed by atoms with Gasteiger partial charge in [0.2, 0.25) is 6.10 Å². The van der Waals surface area contributed by atoms with Gasteiger partial charge in [0.15, 0.2) is 5.75 Å². The topological polar surface area (TPSA) is 106 Å². The van der Waals surface area contributed by atoms with Crippen molar-refractivity contribution in [2.75, 3.05) is 31.7 Å². The number of fused-ring (bicyclic) bond motifs is 1. The first-order valence-electron chi connectivity index (χ1n) is 13.0. The van der Waals surface area contributed by atoms with Gasteiger partial charge in [-0.15, -0.1) is 0 Å². The van der Waals surface area contributed by atoms with Crippen LogP contribution in [0.15, 0.2) is 66.7 Å². The lowest BCUT2D eigenvalue weighted by Crippen LogP contribution is -2.45. The van der Waals surface area contributed by atoms with Crippen LogP contribution in [0.2, 0.25) is 0 Å². The Balaban J connectivity index is 1.36. The molecular weight excluding hydrogens is 498 g/mol. The predicted octanol–water partition coefficient (Wildman–Crippen LogP) is 5.39. The Morgan fingerprint density at radius 2 is 1.72 bits per heavy atom. The molecule has 4 rings (SSSR count). The first-order valence-corrected chi connectivity index (χ1v) is 13.0. The summed E-state index contributed by atoms with van der Waals surface area (Å²) >= 11 is 0. The highest BCUT2D eigenvalue weighted by atomic mass is 16.5. The Kier molecular flexibility index (Phi) is 9.45. The normalized spacial score (nSPS) is 14.5. The summed E-state index contributed by atoms with van der Waals surface area (Å²) < 4.78 is 16.9. The molecule has 39 heavy (non-hydrogen) atoms. The number of carboxylic acid groups (broad SMARTS) is 2. The van der Waals surface area contributed by atoms with Crippen LogP contribution < -0.4 is 19.1 Å². The fraction of sp³-hybridized carbons (Fsp3) is 0.290. The average molecular weight is 532 g/mol. The minimum atomic E-state index is -1.05. The number of methoxy groups -OCH3 is 1. The molecule has 0 aromatic heterocycles. The van der Waals surface area contributed by atoms with Crippen LogP contribution in [0.25, 0.3) is 12.2 Å². The van der Waals surface area contributed by atoms with Crippen molar-refractivity contribution >= 4 is 29.8 Å². The van der Waals surface area contributed by atoms with Crippen LogP contribution in [-0.2, 0) is 16.0 Å². The number of carbonyl (C=O) groups is 2. The van der Waals surface area contributed by atoms with Gasteiger partial charge in [-0.3, -0.25) is 4.79 Å². The van der Waals surface area contributed by atoms with Gasteiger partial charge in [0, 0.05) is 18.5 Å². The van der Waals surface area contributed by atoms with Crippen molar-refractivity contribution in [1.82, 2.24) is 0 Å². The molecule has 8 nitrogen and oxygen atoms in total. The summed E-state index contributed by atoms with van der Waals surface area (Å²) in [6, 6.07) is 21.4. The number of benzene rings is 3. The Hall–Kier alpha value is -4.46. The van der Waals surface area contributed by atoms with Gasteiger partial charge in [-0.2, -0.15) is 0 Å². The number of ether oxygens (including phenoxy) is 3. The van der Waals surface area contributed by atoms with E-state index < -0.39 is 18.0 Å². The Labute approximate surface area is 228 Å². The molecule has 1 heterocycles. The van der Waals surface area contributed by atoms with E-state index in [0.717, 1.165) is 41.2 Å². The summed E-state index contributed by atoms with van der Waals surface area (Å²) in [5.74, 6) is 0.202. The van der Waals surface area contributed by atoms with Crippen molar-refractivity contribution in [1.29, 1.82) is 0 Å². The molecule has 0 amide bonds. The van der Waals surface area contributed by atoms with Crippen molar-refractivity contribution in [3.8, 4) is 17.2 Å². The second-order valence-corrected chi connectivity index (χ2v) is 9.29. The van der Waals surface area contributed by atoms with Gasteiger partial charge < -0.3 is 29.3 Å². The van der Waals surface area contributed by atoms with Gasteiger partial charge in [-0.05, 0) is 60.7 Å². The molecule has 1 aliphatic heterocycles. The summed E-state index contributed by atoms with van der Waals surface area (Å²) in [6.07, 6.45) is 5.06. The first-order chi connectivity index (χ1) is 18.9. The molecule has 1 unspecified atom stereocenters. The van der Waals surface area contributed by atoms with E-state index in [1.165, 1.54) is 5.56 Å². The molecule has 2 N–H and O–H groups in total. The van der Waals surface area contributed by atoms with Crippen LogP contribution in [0.1, 0.15) is 36.0 Å². The zero-order valence-electron chi connectivity index (χ0n) is 21.9. The second kappa shape index (κ2) is 13.4. The van der Waals surface area contributed by atoms with E-state index in [-0.39, 0.29) is 13.0 Å². The molecule has 0 fully saturated rings. The van der Waals surface area contributed by atoms with Crippen LogP contribution in [0.4, 0.5) is 5.69 Å². The molecule has 8 heteroatoms. The molecule has 0 spiro atoms. The van der Waals surface area contributed by atoms with Gasteiger partial charge in [0.1, 0.15) is 11.5 Å². The van der Waals surface area contributed by atoms with Crippen molar-refractivity contribution in [2.24, 2.45) is 0 Å². The van der Waals surface area contributed by atoms with Crippen molar-refractivity contribution in [2.45, 2.75) is 31.8 Å². The summed E-state index contributed by atoms with van der Waals surface area (Å²) in [6.45, 7) is 1.21. The third-order valence-corrected chi connectivity index (χ3v) is 6.48. The smallest absolute Gasteiger partial charge is 0.346 e. The van der Waals surface area contributed by atoms with Gasteiger partial charge >= 0.3 is 11.9 Å². The van der Waals surface area contributed by atoms with Crippen molar-refractivity contribution in [3.63, 3.8) is 0 Å². The predicted molar refractivity (Wildman–Crippen MR) is 150 cm³/mol. The van der Waals surface area contributed by atoms with Gasteiger partial charge in [0.25, 0.3) is 0 Å². The molecule has 0 saturated heterocycles.